The van der Waals surface area contributed by atoms with Crippen molar-refractivity contribution in [2.24, 2.45) is 0 Å². The smallest absolute Gasteiger partial charge is 0.269 e. The van der Waals surface area contributed by atoms with Gasteiger partial charge in [0.25, 0.3) is 5.69 Å². The summed E-state index contributed by atoms with van der Waals surface area (Å²) in [5, 5.41) is 21.0. The van der Waals surface area contributed by atoms with Crippen LogP contribution in [0.2, 0.25) is 0 Å². The number of amides is 1. The van der Waals surface area contributed by atoms with E-state index in [-0.39, 0.29) is 24.0 Å². The molecule has 12 heteroatoms. The van der Waals surface area contributed by atoms with Crippen LogP contribution < -0.4 is 15.9 Å². The van der Waals surface area contributed by atoms with Gasteiger partial charge in [-0.1, -0.05) is 11.8 Å². The first-order chi connectivity index (χ1) is 14.3. The standard InChI is InChI=1S/C18H17FN6O4S/c1-11(17(26)21-13-4-6-14(7-5-13)25(27)28)30-18-23-22-16(24(18)20)10-29-15-8-2-12(19)3-9-15/h2-9,11H,10,20H2,1H3,(H,21,26). The number of ether oxygens (including phenoxy) is 1. The summed E-state index contributed by atoms with van der Waals surface area (Å²) in [6.07, 6.45) is 0. The van der Waals surface area contributed by atoms with Crippen LogP contribution in [0.1, 0.15) is 12.7 Å². The van der Waals surface area contributed by atoms with E-state index < -0.39 is 10.2 Å². The van der Waals surface area contributed by atoms with E-state index in [0.717, 1.165) is 11.8 Å². The van der Waals surface area contributed by atoms with Crippen LogP contribution in [0.15, 0.2) is 53.7 Å². The number of anilines is 1. The molecule has 2 aromatic carbocycles. The number of thioether (sulfide) groups is 1. The lowest BCUT2D eigenvalue weighted by Gasteiger charge is -2.11. The Balaban J connectivity index is 1.56. The molecule has 0 fully saturated rings. The van der Waals surface area contributed by atoms with Crippen LogP contribution in [0.25, 0.3) is 0 Å². The van der Waals surface area contributed by atoms with E-state index in [9.17, 15) is 19.3 Å². The van der Waals surface area contributed by atoms with Crippen LogP contribution in [0.5, 0.6) is 5.75 Å². The van der Waals surface area contributed by atoms with Gasteiger partial charge in [-0.25, -0.2) is 9.07 Å². The van der Waals surface area contributed by atoms with E-state index in [1.165, 1.54) is 53.2 Å². The van der Waals surface area contributed by atoms with Crippen LogP contribution in [0, 0.1) is 15.9 Å². The number of nitro benzene ring substituents is 1. The molecule has 3 N–H and O–H groups in total. The Morgan fingerprint density at radius 2 is 1.93 bits per heavy atom. The summed E-state index contributed by atoms with van der Waals surface area (Å²) in [6, 6.07) is 11.0. The summed E-state index contributed by atoms with van der Waals surface area (Å²) in [6.45, 7) is 1.67. The molecule has 1 amide bonds. The lowest BCUT2D eigenvalue weighted by molar-refractivity contribution is -0.384. The molecule has 30 heavy (non-hydrogen) atoms. The lowest BCUT2D eigenvalue weighted by atomic mass is 10.3. The fourth-order valence-corrected chi connectivity index (χ4v) is 3.08. The molecule has 3 rings (SSSR count). The maximum absolute atomic E-state index is 12.9. The second-order valence-corrected chi connectivity index (χ2v) is 7.37. The molecule has 0 radical (unpaired) electrons. The van der Waals surface area contributed by atoms with Crippen LogP contribution in [0.4, 0.5) is 15.8 Å². The lowest BCUT2D eigenvalue weighted by Crippen LogP contribution is -2.24. The van der Waals surface area contributed by atoms with Crippen LogP contribution >= 0.6 is 11.8 Å². The summed E-state index contributed by atoms with van der Waals surface area (Å²) in [4.78, 5) is 22.5. The number of halogens is 1. The van der Waals surface area contributed by atoms with Crippen LogP contribution in [-0.2, 0) is 11.4 Å². The number of nitrogens with one attached hydrogen (secondary N) is 1. The van der Waals surface area contributed by atoms with Gasteiger partial charge < -0.3 is 15.9 Å². The van der Waals surface area contributed by atoms with Gasteiger partial charge >= 0.3 is 0 Å². The monoisotopic (exact) mass is 432 g/mol. The molecule has 0 aliphatic rings. The van der Waals surface area contributed by atoms with Gasteiger partial charge in [0.15, 0.2) is 5.82 Å². The summed E-state index contributed by atoms with van der Waals surface area (Å²) in [5.74, 6) is 6.04. The van der Waals surface area contributed by atoms with Crippen molar-refractivity contribution in [2.45, 2.75) is 23.9 Å². The number of benzene rings is 2. The number of nitrogens with zero attached hydrogens (tertiary/aromatic N) is 4. The summed E-state index contributed by atoms with van der Waals surface area (Å²) in [7, 11) is 0. The topological polar surface area (TPSA) is 138 Å². The third-order valence-corrected chi connectivity index (χ3v) is 4.97. The highest BCUT2D eigenvalue weighted by Crippen LogP contribution is 2.23. The van der Waals surface area contributed by atoms with Gasteiger partial charge in [0, 0.05) is 17.8 Å². The zero-order chi connectivity index (χ0) is 21.7. The largest absolute Gasteiger partial charge is 0.486 e. The van der Waals surface area contributed by atoms with E-state index in [0.29, 0.717) is 22.4 Å². The Morgan fingerprint density at radius 1 is 1.27 bits per heavy atom. The molecule has 3 aromatic rings. The van der Waals surface area contributed by atoms with Crippen molar-refractivity contribution in [2.75, 3.05) is 11.2 Å². The fraction of sp³-hybridized carbons (Fsp3) is 0.167. The molecule has 1 atom stereocenters. The number of hydrogen-bond donors (Lipinski definition) is 2. The van der Waals surface area contributed by atoms with Crippen LogP contribution in [-0.4, -0.2) is 31.0 Å². The van der Waals surface area contributed by atoms with E-state index in [4.69, 9.17) is 10.6 Å². The van der Waals surface area contributed by atoms with Crippen molar-refractivity contribution < 1.29 is 18.8 Å². The Hall–Kier alpha value is -3.67. The molecule has 0 spiro atoms. The molecule has 0 aliphatic carbocycles. The first kappa shape index (κ1) is 21.0. The zero-order valence-electron chi connectivity index (χ0n) is 15.7. The van der Waals surface area contributed by atoms with Gasteiger partial charge in [-0.05, 0) is 43.3 Å². The minimum absolute atomic E-state index is 0.0130. The Bertz CT molecular complexity index is 1040. The molecule has 0 bridgehead atoms. The van der Waals surface area contributed by atoms with E-state index in [1.54, 1.807) is 6.92 Å². The minimum atomic E-state index is -0.572. The number of nitrogen functional groups attached to an aromatic ring is 1. The number of nitro groups is 1. The van der Waals surface area contributed by atoms with Crippen molar-refractivity contribution in [1.82, 2.24) is 14.9 Å². The molecule has 1 unspecified atom stereocenters. The maximum atomic E-state index is 12.9. The second-order valence-electron chi connectivity index (χ2n) is 6.06. The third kappa shape index (κ3) is 5.23. The fourth-order valence-electron chi connectivity index (χ4n) is 2.29. The summed E-state index contributed by atoms with van der Waals surface area (Å²) >= 11 is 1.09. The SMILES string of the molecule is CC(Sc1nnc(COc2ccc(F)cc2)n1N)C(=O)Nc1ccc([N+](=O)[O-])cc1. The number of hydrogen-bond acceptors (Lipinski definition) is 8. The van der Waals surface area contributed by atoms with E-state index in [2.05, 4.69) is 15.5 Å². The molecular formula is C18H17FN6O4S. The van der Waals surface area contributed by atoms with Crippen molar-refractivity contribution in [3.8, 4) is 5.75 Å². The highest BCUT2D eigenvalue weighted by atomic mass is 32.2. The zero-order valence-corrected chi connectivity index (χ0v) is 16.5. The molecule has 0 saturated carbocycles. The van der Waals surface area contributed by atoms with Gasteiger partial charge in [0.1, 0.15) is 18.2 Å². The van der Waals surface area contributed by atoms with E-state index >= 15 is 0 Å². The molecule has 156 valence electrons. The second kappa shape index (κ2) is 9.22. The van der Waals surface area contributed by atoms with Crippen LogP contribution in [0.3, 0.4) is 0 Å². The predicted molar refractivity (Wildman–Crippen MR) is 108 cm³/mol. The average Bonchev–Trinajstić information content (AvgIpc) is 3.07. The molecule has 1 aromatic heterocycles. The number of rotatable bonds is 8. The van der Waals surface area contributed by atoms with Crippen molar-refractivity contribution >= 4 is 29.0 Å². The van der Waals surface area contributed by atoms with Gasteiger partial charge in [-0.2, -0.15) is 0 Å². The van der Waals surface area contributed by atoms with Crippen molar-refractivity contribution in [1.29, 1.82) is 0 Å². The molecule has 0 saturated heterocycles. The van der Waals surface area contributed by atoms with Gasteiger partial charge in [0.2, 0.25) is 11.1 Å². The van der Waals surface area contributed by atoms with Crippen molar-refractivity contribution in [3.63, 3.8) is 0 Å². The first-order valence-electron chi connectivity index (χ1n) is 8.63. The number of carbonyl (C=O) groups is 1. The third-order valence-electron chi connectivity index (χ3n) is 3.91. The Labute approximate surface area is 174 Å². The van der Waals surface area contributed by atoms with E-state index in [1.807, 2.05) is 0 Å². The van der Waals surface area contributed by atoms with Gasteiger partial charge in [-0.3, -0.25) is 14.9 Å². The van der Waals surface area contributed by atoms with Gasteiger partial charge in [-0.15, -0.1) is 10.2 Å². The molecular weight excluding hydrogens is 415 g/mol. The molecule has 1 heterocycles. The number of aromatic nitrogens is 3. The normalized spacial score (nSPS) is 11.7. The molecule has 10 nitrogen and oxygen atoms in total. The predicted octanol–water partition coefficient (Wildman–Crippen LogP) is 2.74. The highest BCUT2D eigenvalue weighted by molar-refractivity contribution is 8.00. The Kier molecular flexibility index (Phi) is 6.47. The molecule has 0 aliphatic heterocycles. The number of non-ortho nitro benzene ring substituents is 1. The maximum Gasteiger partial charge on any atom is 0.269 e. The minimum Gasteiger partial charge on any atom is -0.486 e. The Morgan fingerprint density at radius 3 is 2.57 bits per heavy atom. The summed E-state index contributed by atoms with van der Waals surface area (Å²) < 4.78 is 19.6. The number of carbonyl (C=O) groups excluding carboxylic acids is 1. The quantitative estimate of drug-likeness (QED) is 0.240. The van der Waals surface area contributed by atoms with Gasteiger partial charge in [0.05, 0.1) is 10.2 Å². The highest BCUT2D eigenvalue weighted by Gasteiger charge is 2.20. The average molecular weight is 432 g/mol. The van der Waals surface area contributed by atoms with Crippen molar-refractivity contribution in [3.05, 3.63) is 70.3 Å². The first-order valence-corrected chi connectivity index (χ1v) is 9.51. The number of nitrogens with two attached hydrogens (primary N) is 1. The summed E-state index contributed by atoms with van der Waals surface area (Å²) in [5.41, 5.74) is 0.364.